The molecule has 0 aliphatic rings. The van der Waals surface area contributed by atoms with Gasteiger partial charge in [-0.3, -0.25) is 0 Å². The molecule has 0 aromatic rings. The van der Waals surface area contributed by atoms with Gasteiger partial charge in [0.15, 0.2) is 0 Å². The lowest BCUT2D eigenvalue weighted by molar-refractivity contribution is 0.546. The number of hydrogen-bond acceptors (Lipinski definition) is 0. The van der Waals surface area contributed by atoms with Crippen LogP contribution in [0.15, 0.2) is 12.7 Å². The summed E-state index contributed by atoms with van der Waals surface area (Å²) in [5.74, 6) is 0.919. The molecule has 0 amide bonds. The third-order valence-electron chi connectivity index (χ3n) is 1.96. The summed E-state index contributed by atoms with van der Waals surface area (Å²) < 4.78 is 0. The van der Waals surface area contributed by atoms with E-state index in [1.807, 2.05) is 6.92 Å². The fourth-order valence-electron chi connectivity index (χ4n) is 1.29. The predicted octanol–water partition coefficient (Wildman–Crippen LogP) is 3.64. The summed E-state index contributed by atoms with van der Waals surface area (Å²) in [5, 5.41) is 0. The van der Waals surface area contributed by atoms with Crippen molar-refractivity contribution >= 4 is 9.52 Å². The van der Waals surface area contributed by atoms with E-state index in [0.29, 0.717) is 0 Å². The first kappa shape index (κ1) is 14.5. The Hall–Kier alpha value is -0.0431. The minimum absolute atomic E-state index is 0.285. The molecule has 0 spiro atoms. The molecule has 12 heavy (non-hydrogen) atoms. The van der Waals surface area contributed by atoms with Crippen molar-refractivity contribution in [3.63, 3.8) is 0 Å². The van der Waals surface area contributed by atoms with Crippen molar-refractivity contribution in [1.29, 1.82) is 0 Å². The van der Waals surface area contributed by atoms with Gasteiger partial charge in [0.25, 0.3) is 0 Å². The van der Waals surface area contributed by atoms with Crippen molar-refractivity contribution in [3.05, 3.63) is 12.7 Å². The topological polar surface area (TPSA) is 0 Å². The van der Waals surface area contributed by atoms with Gasteiger partial charge in [-0.2, -0.15) is 0 Å². The monoisotopic (exact) mass is 186 g/mol. The smallest absolute Gasteiger partial charge is 0.0201 e. The van der Waals surface area contributed by atoms with E-state index in [1.54, 1.807) is 6.08 Å². The standard InChI is InChI=1S/C8H20Si.C3H6/c1-5-8(9-4)6-7(2)3;1-3-2/h7-8H,5-6,9H2,1-4H3;3H,1H2,2H3. The molecule has 0 aliphatic carbocycles. The third-order valence-corrected chi connectivity index (χ3v) is 4.02. The number of rotatable bonds is 4. The first-order valence-electron chi connectivity index (χ1n) is 5.19. The summed E-state index contributed by atoms with van der Waals surface area (Å²) in [5.41, 5.74) is 1.12. The maximum absolute atomic E-state index is 3.36. The molecule has 0 saturated carbocycles. The molecule has 0 bridgehead atoms. The first-order valence-corrected chi connectivity index (χ1v) is 7.42. The highest BCUT2D eigenvalue weighted by atomic mass is 28.2. The summed E-state index contributed by atoms with van der Waals surface area (Å²) in [4.78, 5) is 0. The molecule has 0 heterocycles. The van der Waals surface area contributed by atoms with Gasteiger partial charge in [0.05, 0.1) is 0 Å². The summed E-state index contributed by atoms with van der Waals surface area (Å²) >= 11 is 0. The minimum atomic E-state index is 0.285. The zero-order chi connectivity index (χ0) is 9.98. The van der Waals surface area contributed by atoms with E-state index in [2.05, 4.69) is 33.9 Å². The summed E-state index contributed by atoms with van der Waals surface area (Å²) in [6.45, 7) is 14.7. The molecular formula is C11H26Si. The zero-order valence-corrected chi connectivity index (χ0v) is 11.0. The van der Waals surface area contributed by atoms with E-state index in [0.717, 1.165) is 11.5 Å². The Morgan fingerprint density at radius 3 is 1.92 bits per heavy atom. The normalized spacial score (nSPS) is 12.8. The van der Waals surface area contributed by atoms with Crippen molar-refractivity contribution in [3.8, 4) is 0 Å². The molecule has 0 radical (unpaired) electrons. The van der Waals surface area contributed by atoms with Crippen molar-refractivity contribution in [2.24, 2.45) is 5.92 Å². The van der Waals surface area contributed by atoms with Crippen LogP contribution < -0.4 is 0 Å². The van der Waals surface area contributed by atoms with Crippen LogP contribution in [0.3, 0.4) is 0 Å². The minimum Gasteiger partial charge on any atom is -0.103 e. The zero-order valence-electron chi connectivity index (χ0n) is 9.56. The van der Waals surface area contributed by atoms with E-state index in [9.17, 15) is 0 Å². The molecule has 1 atom stereocenters. The average Bonchev–Trinajstić information content (AvgIpc) is 2.01. The van der Waals surface area contributed by atoms with Crippen LogP contribution in [0.25, 0.3) is 0 Å². The highest BCUT2D eigenvalue weighted by Crippen LogP contribution is 2.19. The molecule has 0 nitrogen and oxygen atoms in total. The van der Waals surface area contributed by atoms with Gasteiger partial charge in [-0.05, 0) is 12.8 Å². The second kappa shape index (κ2) is 11.0. The Labute approximate surface area is 81.3 Å². The lowest BCUT2D eigenvalue weighted by Gasteiger charge is -2.13. The molecule has 0 N–H and O–H groups in total. The fraction of sp³-hybridized carbons (Fsp3) is 0.818. The summed E-state index contributed by atoms with van der Waals surface area (Å²) in [7, 11) is 0.285. The highest BCUT2D eigenvalue weighted by Gasteiger charge is 2.04. The van der Waals surface area contributed by atoms with Gasteiger partial charge in [-0.1, -0.05) is 51.8 Å². The van der Waals surface area contributed by atoms with Gasteiger partial charge in [-0.15, -0.1) is 6.58 Å². The lowest BCUT2D eigenvalue weighted by Crippen LogP contribution is -2.02. The molecule has 0 saturated heterocycles. The molecule has 1 heteroatoms. The van der Waals surface area contributed by atoms with Crippen LogP contribution in [-0.4, -0.2) is 9.52 Å². The van der Waals surface area contributed by atoms with Gasteiger partial charge in [-0.25, -0.2) is 0 Å². The van der Waals surface area contributed by atoms with Crippen LogP contribution >= 0.6 is 0 Å². The van der Waals surface area contributed by atoms with Crippen molar-refractivity contribution in [2.75, 3.05) is 0 Å². The Kier molecular flexibility index (Phi) is 13.2. The van der Waals surface area contributed by atoms with Crippen molar-refractivity contribution < 1.29 is 0 Å². The molecule has 1 unspecified atom stereocenters. The molecule has 0 fully saturated rings. The van der Waals surface area contributed by atoms with Gasteiger partial charge in [0.1, 0.15) is 0 Å². The maximum Gasteiger partial charge on any atom is 0.0201 e. The SMILES string of the molecule is C=CC.CCC(CC(C)C)[SiH2]C. The highest BCUT2D eigenvalue weighted by molar-refractivity contribution is 6.35. The Bertz CT molecular complexity index is 83.0. The average molecular weight is 186 g/mol. The quantitative estimate of drug-likeness (QED) is 0.464. The molecule has 0 aromatic heterocycles. The molecule has 0 aliphatic heterocycles. The van der Waals surface area contributed by atoms with Gasteiger partial charge in [0.2, 0.25) is 0 Å². The van der Waals surface area contributed by atoms with E-state index in [4.69, 9.17) is 0 Å². The van der Waals surface area contributed by atoms with E-state index in [1.165, 1.54) is 12.8 Å². The second-order valence-electron chi connectivity index (χ2n) is 3.72. The Balaban J connectivity index is 0. The van der Waals surface area contributed by atoms with Gasteiger partial charge >= 0.3 is 0 Å². The van der Waals surface area contributed by atoms with E-state index >= 15 is 0 Å². The van der Waals surface area contributed by atoms with Crippen LogP contribution in [0, 0.1) is 5.92 Å². The van der Waals surface area contributed by atoms with Crippen LogP contribution in [-0.2, 0) is 0 Å². The van der Waals surface area contributed by atoms with Crippen molar-refractivity contribution in [2.45, 2.75) is 52.6 Å². The van der Waals surface area contributed by atoms with Crippen LogP contribution in [0.5, 0.6) is 0 Å². The van der Waals surface area contributed by atoms with Crippen LogP contribution in [0.4, 0.5) is 0 Å². The number of hydrogen-bond donors (Lipinski definition) is 0. The van der Waals surface area contributed by atoms with Crippen molar-refractivity contribution in [1.82, 2.24) is 0 Å². The summed E-state index contributed by atoms with van der Waals surface area (Å²) in [6, 6.07) is 0. The van der Waals surface area contributed by atoms with Gasteiger partial charge in [0, 0.05) is 9.52 Å². The van der Waals surface area contributed by atoms with Gasteiger partial charge < -0.3 is 0 Å². The second-order valence-corrected chi connectivity index (χ2v) is 5.69. The summed E-state index contributed by atoms with van der Waals surface area (Å²) in [6.07, 6.45) is 4.64. The fourth-order valence-corrected chi connectivity index (χ4v) is 2.87. The predicted molar refractivity (Wildman–Crippen MR) is 63.8 cm³/mol. The maximum atomic E-state index is 3.36. The Morgan fingerprint density at radius 2 is 1.83 bits per heavy atom. The molecule has 0 rings (SSSR count). The third kappa shape index (κ3) is 12.6. The molecular weight excluding hydrogens is 160 g/mol. The lowest BCUT2D eigenvalue weighted by atomic mass is 10.1. The Morgan fingerprint density at radius 1 is 1.42 bits per heavy atom. The largest absolute Gasteiger partial charge is 0.103 e. The van der Waals surface area contributed by atoms with Crippen LogP contribution in [0.2, 0.25) is 12.1 Å². The number of allylic oxidation sites excluding steroid dienone is 1. The molecule has 74 valence electrons. The first-order chi connectivity index (χ1) is 5.62. The van der Waals surface area contributed by atoms with E-state index < -0.39 is 0 Å². The molecule has 0 aromatic carbocycles. The van der Waals surface area contributed by atoms with Crippen LogP contribution in [0.1, 0.15) is 40.5 Å². The van der Waals surface area contributed by atoms with E-state index in [-0.39, 0.29) is 9.52 Å².